The van der Waals surface area contributed by atoms with Crippen molar-refractivity contribution in [2.75, 3.05) is 0 Å². The number of nitrogens with zero attached hydrogens (tertiary/aromatic N) is 6. The van der Waals surface area contributed by atoms with Crippen molar-refractivity contribution in [1.82, 2.24) is 41.2 Å². The number of aromatic nitrogens is 8. The molecule has 0 saturated carbocycles. The number of hydrogen-bond donors (Lipinski definition) is 2. The van der Waals surface area contributed by atoms with E-state index in [-0.39, 0.29) is 0 Å². The van der Waals surface area contributed by atoms with E-state index in [9.17, 15) is 0 Å². The van der Waals surface area contributed by atoms with Crippen molar-refractivity contribution in [3.63, 3.8) is 0 Å². The van der Waals surface area contributed by atoms with Crippen molar-refractivity contribution in [3.8, 4) is 0 Å². The van der Waals surface area contributed by atoms with E-state index >= 15 is 0 Å². The van der Waals surface area contributed by atoms with E-state index in [0.29, 0.717) is 12.8 Å². The van der Waals surface area contributed by atoms with Gasteiger partial charge in [-0.25, -0.2) is 10.2 Å². The normalized spacial score (nSPS) is 10.3. The van der Waals surface area contributed by atoms with Gasteiger partial charge in [-0.15, -0.1) is 10.2 Å². The number of rotatable bonds is 3. The van der Waals surface area contributed by atoms with Gasteiger partial charge in [-0.3, -0.25) is 0 Å². The first kappa shape index (κ1) is 6.83. The highest BCUT2D eigenvalue weighted by molar-refractivity contribution is 4.84. The third-order valence-electron chi connectivity index (χ3n) is 1.38. The molecule has 8 nitrogen and oxygen atoms in total. The van der Waals surface area contributed by atoms with Crippen LogP contribution in [0.5, 0.6) is 0 Å². The molecule has 2 N–H and O–H groups in total. The van der Waals surface area contributed by atoms with Gasteiger partial charge in [-0.05, 0) is 20.9 Å². The minimum Gasteiger partial charge on any atom is -0.243 e. The Balaban J connectivity index is 1.91. The summed E-state index contributed by atoms with van der Waals surface area (Å²) in [5.41, 5.74) is 0. The van der Waals surface area contributed by atoms with Crippen molar-refractivity contribution in [1.29, 1.82) is 0 Å². The lowest BCUT2D eigenvalue weighted by molar-refractivity contribution is 0.811. The first-order valence-corrected chi connectivity index (χ1v) is 3.40. The lowest BCUT2D eigenvalue weighted by atomic mass is 10.3. The fourth-order valence-electron chi connectivity index (χ4n) is 0.806. The number of aryl methyl sites for hydroxylation is 2. The summed E-state index contributed by atoms with van der Waals surface area (Å²) >= 11 is 0. The second kappa shape index (κ2) is 3.03. The van der Waals surface area contributed by atoms with Gasteiger partial charge < -0.3 is 0 Å². The zero-order chi connectivity index (χ0) is 8.23. The largest absolute Gasteiger partial charge is 0.243 e. The van der Waals surface area contributed by atoms with Crippen LogP contribution in [0.4, 0.5) is 0 Å². The third kappa shape index (κ3) is 1.41. The summed E-state index contributed by atoms with van der Waals surface area (Å²) in [6, 6.07) is 0. The van der Waals surface area contributed by atoms with Crippen LogP contribution in [-0.2, 0) is 12.8 Å². The highest BCUT2D eigenvalue weighted by Gasteiger charge is 2.00. The quantitative estimate of drug-likeness (QED) is 0.574. The monoisotopic (exact) mass is 166 g/mol. The molecular formula is C4H6N8. The van der Waals surface area contributed by atoms with Gasteiger partial charge in [0.15, 0.2) is 0 Å². The Morgan fingerprint density at radius 1 is 0.833 bits per heavy atom. The molecule has 2 rings (SSSR count). The van der Waals surface area contributed by atoms with Crippen LogP contribution in [0.2, 0.25) is 0 Å². The highest BCUT2D eigenvalue weighted by Crippen LogP contribution is 1.92. The Kier molecular flexibility index (Phi) is 1.72. The minimum absolute atomic E-state index is 0.698. The molecule has 0 unspecified atom stereocenters. The van der Waals surface area contributed by atoms with E-state index in [1.165, 1.54) is 0 Å². The van der Waals surface area contributed by atoms with E-state index in [2.05, 4.69) is 41.2 Å². The zero-order valence-corrected chi connectivity index (χ0v) is 6.10. The average molecular weight is 166 g/mol. The molecule has 0 atom stereocenters. The summed E-state index contributed by atoms with van der Waals surface area (Å²) in [5.74, 6) is 1.46. The predicted molar refractivity (Wildman–Crippen MR) is 35.8 cm³/mol. The van der Waals surface area contributed by atoms with Gasteiger partial charge in [0.2, 0.25) is 0 Å². The molecule has 8 heteroatoms. The lowest BCUT2D eigenvalue weighted by Gasteiger charge is -1.88. The zero-order valence-electron chi connectivity index (χ0n) is 6.10. The van der Waals surface area contributed by atoms with Crippen LogP contribution in [0.3, 0.4) is 0 Å². The van der Waals surface area contributed by atoms with Crippen LogP contribution in [0.1, 0.15) is 11.6 Å². The highest BCUT2D eigenvalue weighted by atomic mass is 15.5. The summed E-state index contributed by atoms with van der Waals surface area (Å²) in [5, 5.41) is 26.5. The summed E-state index contributed by atoms with van der Waals surface area (Å²) < 4.78 is 0. The molecule has 2 aromatic heterocycles. The number of H-pyrrole nitrogens is 2. The molecule has 62 valence electrons. The molecule has 0 saturated heterocycles. The fourth-order valence-corrected chi connectivity index (χ4v) is 0.806. The number of tetrazole rings is 2. The maximum absolute atomic E-state index is 3.72. The minimum atomic E-state index is 0.698. The van der Waals surface area contributed by atoms with Crippen LogP contribution in [0.15, 0.2) is 0 Å². The average Bonchev–Trinajstić information content (AvgIpc) is 2.74. The Labute approximate surface area is 66.8 Å². The molecule has 0 radical (unpaired) electrons. The molecule has 0 aliphatic carbocycles. The first-order valence-electron chi connectivity index (χ1n) is 3.40. The SMILES string of the molecule is C(Cc1nnn[nH]1)c1nnn[nH]1. The van der Waals surface area contributed by atoms with Gasteiger partial charge in [0.25, 0.3) is 0 Å². The molecule has 0 aromatic carbocycles. The second-order valence-electron chi connectivity index (χ2n) is 2.20. The van der Waals surface area contributed by atoms with Gasteiger partial charge in [0, 0.05) is 12.8 Å². The molecule has 0 fully saturated rings. The standard InChI is InChI=1S/C4H6N8/c1(3-5-9-10-6-3)2-4-7-11-12-8-4/h1-2H2,(H,5,6,9,10)(H,7,8,11,12). The van der Waals surface area contributed by atoms with Crippen molar-refractivity contribution in [2.24, 2.45) is 0 Å². The van der Waals surface area contributed by atoms with Gasteiger partial charge >= 0.3 is 0 Å². The molecule has 0 aliphatic heterocycles. The number of nitrogens with one attached hydrogen (secondary N) is 2. The molecule has 12 heavy (non-hydrogen) atoms. The van der Waals surface area contributed by atoms with Crippen molar-refractivity contribution in [3.05, 3.63) is 11.6 Å². The Morgan fingerprint density at radius 3 is 1.67 bits per heavy atom. The summed E-state index contributed by atoms with van der Waals surface area (Å²) in [6.07, 6.45) is 1.40. The summed E-state index contributed by atoms with van der Waals surface area (Å²) in [4.78, 5) is 0. The van der Waals surface area contributed by atoms with E-state index in [0.717, 1.165) is 11.6 Å². The Morgan fingerprint density at radius 2 is 1.33 bits per heavy atom. The van der Waals surface area contributed by atoms with Crippen LogP contribution in [0.25, 0.3) is 0 Å². The number of aromatic amines is 2. The molecule has 0 bridgehead atoms. The first-order chi connectivity index (χ1) is 5.95. The fraction of sp³-hybridized carbons (Fsp3) is 0.500. The molecular weight excluding hydrogens is 160 g/mol. The summed E-state index contributed by atoms with van der Waals surface area (Å²) in [6.45, 7) is 0. The topological polar surface area (TPSA) is 109 Å². The molecule has 0 spiro atoms. The van der Waals surface area contributed by atoms with E-state index in [1.54, 1.807) is 0 Å². The van der Waals surface area contributed by atoms with E-state index in [4.69, 9.17) is 0 Å². The van der Waals surface area contributed by atoms with Gasteiger partial charge in [0.1, 0.15) is 11.6 Å². The smallest absolute Gasteiger partial charge is 0.148 e. The van der Waals surface area contributed by atoms with Crippen molar-refractivity contribution < 1.29 is 0 Å². The van der Waals surface area contributed by atoms with Gasteiger partial charge in [-0.2, -0.15) is 0 Å². The molecule has 0 aliphatic rings. The molecule has 0 amide bonds. The van der Waals surface area contributed by atoms with E-state index in [1.807, 2.05) is 0 Å². The van der Waals surface area contributed by atoms with Crippen molar-refractivity contribution in [2.45, 2.75) is 12.8 Å². The van der Waals surface area contributed by atoms with Crippen LogP contribution >= 0.6 is 0 Å². The van der Waals surface area contributed by atoms with Gasteiger partial charge in [-0.1, -0.05) is 0 Å². The third-order valence-corrected chi connectivity index (χ3v) is 1.38. The van der Waals surface area contributed by atoms with Crippen LogP contribution in [-0.4, -0.2) is 41.2 Å². The number of hydrogen-bond acceptors (Lipinski definition) is 6. The Bertz CT molecular complexity index is 274. The maximum Gasteiger partial charge on any atom is 0.148 e. The van der Waals surface area contributed by atoms with E-state index < -0.39 is 0 Å². The summed E-state index contributed by atoms with van der Waals surface area (Å²) in [7, 11) is 0. The molecule has 2 aromatic rings. The van der Waals surface area contributed by atoms with Crippen molar-refractivity contribution >= 4 is 0 Å². The lowest BCUT2D eigenvalue weighted by Crippen LogP contribution is -1.95. The predicted octanol–water partition coefficient (Wildman–Crippen LogP) is -1.50. The maximum atomic E-state index is 3.72. The Hall–Kier alpha value is -1.86. The van der Waals surface area contributed by atoms with Crippen LogP contribution in [0, 0.1) is 0 Å². The van der Waals surface area contributed by atoms with Gasteiger partial charge in [0.05, 0.1) is 0 Å². The molecule has 2 heterocycles. The second-order valence-corrected chi connectivity index (χ2v) is 2.20. The van der Waals surface area contributed by atoms with Crippen LogP contribution < -0.4 is 0 Å².